The summed E-state index contributed by atoms with van der Waals surface area (Å²) in [6.07, 6.45) is 0. The molecule has 124 valence electrons. The van der Waals surface area contributed by atoms with Crippen LogP contribution in [0.25, 0.3) is 0 Å². The maximum Gasteiger partial charge on any atom is 0.244 e. The van der Waals surface area contributed by atoms with Gasteiger partial charge in [-0.25, -0.2) is 4.39 Å². The molecule has 0 saturated carbocycles. The standard InChI is InChI=1S/C17H16ClFN4O/c1-17(2,3)14-13-11(12-9(18)5-4-6-10(12)19)8(7-20)15(21)24-16(13)23-22-14/h4-6,11H,21H2,1-3H3,(H,22,23). The van der Waals surface area contributed by atoms with E-state index in [1.165, 1.54) is 12.1 Å². The average molecular weight is 347 g/mol. The maximum absolute atomic E-state index is 14.6. The van der Waals surface area contributed by atoms with E-state index in [4.69, 9.17) is 22.1 Å². The first-order valence-corrected chi connectivity index (χ1v) is 7.73. The quantitative estimate of drug-likeness (QED) is 0.823. The van der Waals surface area contributed by atoms with E-state index in [1.807, 2.05) is 26.8 Å². The van der Waals surface area contributed by atoms with Crippen LogP contribution in [-0.2, 0) is 5.41 Å². The Morgan fingerprint density at radius 1 is 1.38 bits per heavy atom. The lowest BCUT2D eigenvalue weighted by Crippen LogP contribution is -2.24. The molecule has 1 aliphatic heterocycles. The van der Waals surface area contributed by atoms with Gasteiger partial charge in [0.2, 0.25) is 11.8 Å². The number of nitrogens with two attached hydrogens (primary N) is 1. The molecule has 1 aliphatic rings. The molecule has 0 amide bonds. The van der Waals surface area contributed by atoms with E-state index in [9.17, 15) is 9.65 Å². The smallest absolute Gasteiger partial charge is 0.244 e. The molecule has 0 fully saturated rings. The third-order valence-corrected chi connectivity index (χ3v) is 4.31. The Labute approximate surface area is 143 Å². The van der Waals surface area contributed by atoms with Crippen molar-refractivity contribution in [3.05, 3.63) is 57.3 Å². The van der Waals surface area contributed by atoms with E-state index in [2.05, 4.69) is 10.2 Å². The summed E-state index contributed by atoms with van der Waals surface area (Å²) in [5, 5.41) is 16.9. The van der Waals surface area contributed by atoms with Gasteiger partial charge in [-0.2, -0.15) is 5.26 Å². The highest BCUT2D eigenvalue weighted by Crippen LogP contribution is 2.47. The van der Waals surface area contributed by atoms with Crippen molar-refractivity contribution >= 4 is 11.6 Å². The Morgan fingerprint density at radius 2 is 2.08 bits per heavy atom. The van der Waals surface area contributed by atoms with Crippen LogP contribution in [0, 0.1) is 17.1 Å². The van der Waals surface area contributed by atoms with E-state index in [-0.39, 0.29) is 33.3 Å². The zero-order valence-electron chi connectivity index (χ0n) is 13.4. The van der Waals surface area contributed by atoms with E-state index >= 15 is 0 Å². The predicted molar refractivity (Wildman–Crippen MR) is 88.0 cm³/mol. The Morgan fingerprint density at radius 3 is 2.67 bits per heavy atom. The fraction of sp³-hybridized carbons (Fsp3) is 0.294. The van der Waals surface area contributed by atoms with Crippen LogP contribution < -0.4 is 10.5 Å². The lowest BCUT2D eigenvalue weighted by atomic mass is 9.78. The fourth-order valence-electron chi connectivity index (χ4n) is 2.89. The molecule has 5 nitrogen and oxygen atoms in total. The second kappa shape index (κ2) is 5.53. The Bertz CT molecular complexity index is 869. The van der Waals surface area contributed by atoms with Crippen LogP contribution in [0.1, 0.15) is 43.5 Å². The number of aromatic nitrogens is 2. The van der Waals surface area contributed by atoms with Crippen molar-refractivity contribution < 1.29 is 9.13 Å². The van der Waals surface area contributed by atoms with E-state index in [0.717, 1.165) is 5.69 Å². The van der Waals surface area contributed by atoms with Gasteiger partial charge in [0, 0.05) is 21.7 Å². The molecule has 0 spiro atoms. The Kier molecular flexibility index (Phi) is 3.77. The summed E-state index contributed by atoms with van der Waals surface area (Å²) in [4.78, 5) is 0. The molecular formula is C17H16ClFN4O. The van der Waals surface area contributed by atoms with Crippen molar-refractivity contribution in [2.24, 2.45) is 5.73 Å². The van der Waals surface area contributed by atoms with Crippen LogP contribution in [0.4, 0.5) is 4.39 Å². The molecule has 0 radical (unpaired) electrons. The minimum absolute atomic E-state index is 0.0960. The van der Waals surface area contributed by atoms with Crippen molar-refractivity contribution in [2.75, 3.05) is 0 Å². The summed E-state index contributed by atoms with van der Waals surface area (Å²) < 4.78 is 20.0. The SMILES string of the molecule is CC(C)(C)c1[nH]nc2c1C(c1c(F)cccc1Cl)C(C#N)=C(N)O2. The summed E-state index contributed by atoms with van der Waals surface area (Å²) in [5.41, 5.74) is 7.16. The number of H-pyrrole nitrogens is 1. The number of rotatable bonds is 1. The Balaban J connectivity index is 2.36. The van der Waals surface area contributed by atoms with Crippen LogP contribution in [0.2, 0.25) is 5.02 Å². The van der Waals surface area contributed by atoms with E-state index < -0.39 is 11.7 Å². The normalized spacial score (nSPS) is 17.2. The third-order valence-electron chi connectivity index (χ3n) is 3.98. The highest BCUT2D eigenvalue weighted by atomic mass is 35.5. The third kappa shape index (κ3) is 2.42. The van der Waals surface area contributed by atoms with Crippen molar-refractivity contribution in [1.82, 2.24) is 10.2 Å². The summed E-state index contributed by atoms with van der Waals surface area (Å²) in [6, 6.07) is 6.43. The van der Waals surface area contributed by atoms with Gasteiger partial charge in [0.25, 0.3) is 0 Å². The van der Waals surface area contributed by atoms with Crippen LogP contribution in [-0.4, -0.2) is 10.2 Å². The van der Waals surface area contributed by atoms with Gasteiger partial charge in [-0.15, -0.1) is 5.10 Å². The molecule has 0 bridgehead atoms. The minimum atomic E-state index is -0.777. The molecule has 3 rings (SSSR count). The van der Waals surface area contributed by atoms with Gasteiger partial charge in [0.05, 0.1) is 11.5 Å². The number of allylic oxidation sites excluding steroid dienone is 1. The van der Waals surface area contributed by atoms with Crippen molar-refractivity contribution in [3.63, 3.8) is 0 Å². The highest BCUT2D eigenvalue weighted by molar-refractivity contribution is 6.31. The predicted octanol–water partition coefficient (Wildman–Crippen LogP) is 3.72. The molecule has 2 aromatic rings. The first kappa shape index (κ1) is 16.3. The van der Waals surface area contributed by atoms with Gasteiger partial charge in [-0.05, 0) is 12.1 Å². The number of nitrogens with one attached hydrogen (secondary N) is 1. The highest BCUT2D eigenvalue weighted by Gasteiger charge is 2.39. The fourth-order valence-corrected chi connectivity index (χ4v) is 3.16. The van der Waals surface area contributed by atoms with E-state index in [1.54, 1.807) is 6.07 Å². The second-order valence-corrected chi connectivity index (χ2v) is 7.03. The number of halogens is 2. The topological polar surface area (TPSA) is 87.7 Å². The molecule has 1 aromatic carbocycles. The summed E-state index contributed by atoms with van der Waals surface area (Å²) in [5.74, 6) is -1.15. The van der Waals surface area contributed by atoms with Gasteiger partial charge in [-0.3, -0.25) is 5.10 Å². The summed E-state index contributed by atoms with van der Waals surface area (Å²) in [6.45, 7) is 5.94. The molecular weight excluding hydrogens is 331 g/mol. The first-order chi connectivity index (χ1) is 11.3. The molecule has 7 heteroatoms. The van der Waals surface area contributed by atoms with Crippen molar-refractivity contribution in [2.45, 2.75) is 32.1 Å². The molecule has 2 heterocycles. The Hall–Kier alpha value is -2.52. The van der Waals surface area contributed by atoms with E-state index in [0.29, 0.717) is 5.56 Å². The minimum Gasteiger partial charge on any atom is -0.420 e. The van der Waals surface area contributed by atoms with Crippen molar-refractivity contribution in [3.8, 4) is 11.9 Å². The lowest BCUT2D eigenvalue weighted by Gasteiger charge is -2.28. The molecule has 24 heavy (non-hydrogen) atoms. The number of fused-ring (bicyclic) bond motifs is 1. The second-order valence-electron chi connectivity index (χ2n) is 6.63. The largest absolute Gasteiger partial charge is 0.420 e. The maximum atomic E-state index is 14.6. The average Bonchev–Trinajstić information content (AvgIpc) is 2.90. The molecule has 3 N–H and O–H groups in total. The number of ether oxygens (including phenoxy) is 1. The molecule has 1 aromatic heterocycles. The van der Waals surface area contributed by atoms with Crippen LogP contribution in [0.15, 0.2) is 29.7 Å². The van der Waals surface area contributed by atoms with Crippen LogP contribution in [0.5, 0.6) is 5.88 Å². The zero-order chi connectivity index (χ0) is 17.6. The van der Waals surface area contributed by atoms with Gasteiger partial charge in [0.15, 0.2) is 0 Å². The molecule has 0 aliphatic carbocycles. The zero-order valence-corrected chi connectivity index (χ0v) is 14.2. The molecule has 0 saturated heterocycles. The number of aromatic amines is 1. The number of hydrogen-bond acceptors (Lipinski definition) is 4. The number of nitriles is 1. The van der Waals surface area contributed by atoms with Gasteiger partial charge >= 0.3 is 0 Å². The molecule has 1 atom stereocenters. The van der Waals surface area contributed by atoms with Gasteiger partial charge in [0.1, 0.15) is 17.5 Å². The first-order valence-electron chi connectivity index (χ1n) is 7.36. The van der Waals surface area contributed by atoms with Crippen LogP contribution in [0.3, 0.4) is 0 Å². The van der Waals surface area contributed by atoms with Gasteiger partial charge < -0.3 is 10.5 Å². The summed E-state index contributed by atoms with van der Waals surface area (Å²) in [7, 11) is 0. The van der Waals surface area contributed by atoms with Crippen LogP contribution >= 0.6 is 11.6 Å². The summed E-state index contributed by atoms with van der Waals surface area (Å²) >= 11 is 6.25. The molecule has 1 unspecified atom stereocenters. The number of hydrogen-bond donors (Lipinski definition) is 2. The number of nitrogens with zero attached hydrogens (tertiary/aromatic N) is 2. The number of benzene rings is 1. The van der Waals surface area contributed by atoms with Gasteiger partial charge in [-0.1, -0.05) is 38.4 Å². The van der Waals surface area contributed by atoms with Crippen molar-refractivity contribution in [1.29, 1.82) is 5.26 Å². The lowest BCUT2D eigenvalue weighted by molar-refractivity contribution is 0.377. The monoisotopic (exact) mass is 346 g/mol.